The number of nitrogens with one attached hydrogen (secondary N) is 1. The Kier molecular flexibility index (Phi) is 52.2. The summed E-state index contributed by atoms with van der Waals surface area (Å²) < 4.78 is 0. The van der Waals surface area contributed by atoms with Gasteiger partial charge in [0.25, 0.3) is 0 Å². The molecule has 4 nitrogen and oxygen atoms in total. The lowest BCUT2D eigenvalue weighted by Crippen LogP contribution is -2.45. The van der Waals surface area contributed by atoms with Crippen LogP contribution in [0.3, 0.4) is 0 Å². The Morgan fingerprint density at radius 1 is 0.333 bits per heavy atom. The summed E-state index contributed by atoms with van der Waals surface area (Å²) in [6, 6.07) is -0.531. The number of carbonyl (C=O) groups is 1. The molecule has 0 aliphatic carbocycles. The molecule has 0 bridgehead atoms. The van der Waals surface area contributed by atoms with E-state index in [1.807, 2.05) is 0 Å². The van der Waals surface area contributed by atoms with Gasteiger partial charge in [0.15, 0.2) is 0 Å². The predicted octanol–water partition coefficient (Wildman–Crippen LogP) is 18.4. The van der Waals surface area contributed by atoms with Crippen LogP contribution in [0.25, 0.3) is 0 Å². The molecule has 0 aliphatic rings. The number of amides is 1. The quantitative estimate of drug-likeness (QED) is 0.0534. The predicted molar refractivity (Wildman–Crippen MR) is 267 cm³/mol. The average molecular weight is 849 g/mol. The van der Waals surface area contributed by atoms with Gasteiger partial charge in [-0.2, -0.15) is 0 Å². The van der Waals surface area contributed by atoms with E-state index in [1.54, 1.807) is 0 Å². The molecule has 0 aliphatic heterocycles. The van der Waals surface area contributed by atoms with Crippen LogP contribution < -0.4 is 5.32 Å². The van der Waals surface area contributed by atoms with Crippen molar-refractivity contribution in [1.29, 1.82) is 0 Å². The third-order valence-electron chi connectivity index (χ3n) is 13.6. The van der Waals surface area contributed by atoms with Gasteiger partial charge in [-0.1, -0.05) is 316 Å². The van der Waals surface area contributed by atoms with Crippen LogP contribution in [-0.4, -0.2) is 34.9 Å². The molecule has 0 heterocycles. The molecule has 2 atom stereocenters. The fourth-order valence-corrected chi connectivity index (χ4v) is 9.31. The van der Waals surface area contributed by atoms with Gasteiger partial charge in [-0.05, 0) is 12.8 Å². The molecular weight excluding hydrogens is 735 g/mol. The molecule has 0 saturated carbocycles. The number of hydrogen-bond acceptors (Lipinski definition) is 3. The van der Waals surface area contributed by atoms with Crippen LogP contribution in [0.4, 0.5) is 0 Å². The van der Waals surface area contributed by atoms with Gasteiger partial charge in [0, 0.05) is 6.42 Å². The number of rotatable bonds is 53. The largest absolute Gasteiger partial charge is 0.394 e. The second kappa shape index (κ2) is 52.7. The molecule has 0 radical (unpaired) electrons. The molecular formula is C56H113NO3. The maximum atomic E-state index is 12.5. The third kappa shape index (κ3) is 48.4. The zero-order valence-electron chi connectivity index (χ0n) is 41.5. The van der Waals surface area contributed by atoms with Crippen molar-refractivity contribution in [3.05, 3.63) is 0 Å². The fraction of sp³-hybridized carbons (Fsp3) is 0.982. The van der Waals surface area contributed by atoms with Gasteiger partial charge in [0.05, 0.1) is 18.8 Å². The SMILES string of the molecule is CCCCCCCCCCCCCCCCCCCCCCCCCCC(=O)NC(CO)C(O)CCCCCCCCCCCCCCCCCCCCCCCCCC. The smallest absolute Gasteiger partial charge is 0.220 e. The minimum Gasteiger partial charge on any atom is -0.394 e. The summed E-state index contributed by atoms with van der Waals surface area (Å²) in [6.07, 6.45) is 66.6. The summed E-state index contributed by atoms with van der Waals surface area (Å²) in [6.45, 7) is 4.41. The third-order valence-corrected chi connectivity index (χ3v) is 13.6. The van der Waals surface area contributed by atoms with Crippen LogP contribution in [-0.2, 0) is 4.79 Å². The number of hydrogen-bond donors (Lipinski definition) is 3. The second-order valence-electron chi connectivity index (χ2n) is 19.7. The summed E-state index contributed by atoms with van der Waals surface area (Å²) in [5, 5.41) is 23.4. The highest BCUT2D eigenvalue weighted by atomic mass is 16.3. The van der Waals surface area contributed by atoms with E-state index in [4.69, 9.17) is 0 Å². The Morgan fingerprint density at radius 3 is 0.750 bits per heavy atom. The Morgan fingerprint density at radius 2 is 0.533 bits per heavy atom. The summed E-state index contributed by atoms with van der Waals surface area (Å²) >= 11 is 0. The normalized spacial score (nSPS) is 12.7. The van der Waals surface area contributed by atoms with Crippen LogP contribution in [0.1, 0.15) is 335 Å². The highest BCUT2D eigenvalue weighted by Crippen LogP contribution is 2.18. The Hall–Kier alpha value is -0.610. The molecule has 2 unspecified atom stereocenters. The van der Waals surface area contributed by atoms with E-state index in [2.05, 4.69) is 19.2 Å². The molecule has 1 amide bonds. The second-order valence-corrected chi connectivity index (χ2v) is 19.7. The van der Waals surface area contributed by atoms with Gasteiger partial charge in [0.1, 0.15) is 0 Å². The minimum absolute atomic E-state index is 0.0218. The van der Waals surface area contributed by atoms with Crippen molar-refractivity contribution < 1.29 is 15.0 Å². The molecule has 60 heavy (non-hydrogen) atoms. The first-order chi connectivity index (χ1) is 29.7. The molecule has 0 aromatic carbocycles. The maximum Gasteiger partial charge on any atom is 0.220 e. The number of unbranched alkanes of at least 4 members (excludes halogenated alkanes) is 46. The highest BCUT2D eigenvalue weighted by Gasteiger charge is 2.20. The van der Waals surface area contributed by atoms with Gasteiger partial charge in [-0.15, -0.1) is 0 Å². The standard InChI is InChI=1S/C56H113NO3/c1-3-5-7-9-11-13-15-17-19-21-23-25-27-29-31-33-35-37-39-41-43-45-47-49-51-55(59)54(53-58)57-56(60)52-50-48-46-44-42-40-38-36-34-32-30-28-26-24-22-20-18-16-14-12-10-8-6-4-2/h54-55,58-59H,3-53H2,1-2H3,(H,57,60). The zero-order valence-corrected chi connectivity index (χ0v) is 41.5. The van der Waals surface area contributed by atoms with E-state index >= 15 is 0 Å². The number of carbonyl (C=O) groups excluding carboxylic acids is 1. The summed E-state index contributed by atoms with van der Waals surface area (Å²) in [7, 11) is 0. The van der Waals surface area contributed by atoms with Crippen LogP contribution in [0.2, 0.25) is 0 Å². The van der Waals surface area contributed by atoms with Gasteiger partial charge in [0.2, 0.25) is 5.91 Å². The highest BCUT2D eigenvalue weighted by molar-refractivity contribution is 5.76. The lowest BCUT2D eigenvalue weighted by atomic mass is 10.0. The molecule has 3 N–H and O–H groups in total. The van der Waals surface area contributed by atoms with Crippen LogP contribution in [0.15, 0.2) is 0 Å². The lowest BCUT2D eigenvalue weighted by Gasteiger charge is -2.22. The zero-order chi connectivity index (χ0) is 43.5. The van der Waals surface area contributed by atoms with E-state index < -0.39 is 12.1 Å². The van der Waals surface area contributed by atoms with E-state index in [1.165, 1.54) is 283 Å². The minimum atomic E-state index is -0.655. The maximum absolute atomic E-state index is 12.5. The first-order valence-electron chi connectivity index (χ1n) is 28.2. The topological polar surface area (TPSA) is 69.6 Å². The molecule has 0 aromatic heterocycles. The van der Waals surface area contributed by atoms with Crippen molar-refractivity contribution in [2.75, 3.05) is 6.61 Å². The van der Waals surface area contributed by atoms with Crippen molar-refractivity contribution in [2.24, 2.45) is 0 Å². The van der Waals surface area contributed by atoms with Crippen LogP contribution in [0, 0.1) is 0 Å². The van der Waals surface area contributed by atoms with Gasteiger partial charge in [-0.25, -0.2) is 0 Å². The van der Waals surface area contributed by atoms with Crippen molar-refractivity contribution in [3.8, 4) is 0 Å². The summed E-state index contributed by atoms with van der Waals surface area (Å²) in [4.78, 5) is 12.5. The van der Waals surface area contributed by atoms with E-state index in [0.29, 0.717) is 12.8 Å². The van der Waals surface area contributed by atoms with Gasteiger partial charge >= 0.3 is 0 Å². The number of aliphatic hydroxyl groups excluding tert-OH is 2. The Labute approximate surface area is 378 Å². The molecule has 0 aromatic rings. The first-order valence-corrected chi connectivity index (χ1v) is 28.2. The van der Waals surface area contributed by atoms with Crippen molar-refractivity contribution in [1.82, 2.24) is 5.32 Å². The molecule has 4 heteroatoms. The lowest BCUT2D eigenvalue weighted by molar-refractivity contribution is -0.123. The fourth-order valence-electron chi connectivity index (χ4n) is 9.31. The molecule has 0 saturated heterocycles. The summed E-state index contributed by atoms with van der Waals surface area (Å²) in [5.74, 6) is -0.0218. The van der Waals surface area contributed by atoms with Crippen molar-refractivity contribution in [2.45, 2.75) is 347 Å². The monoisotopic (exact) mass is 848 g/mol. The van der Waals surface area contributed by atoms with E-state index in [-0.39, 0.29) is 12.5 Å². The van der Waals surface area contributed by atoms with Gasteiger partial charge in [-0.3, -0.25) is 4.79 Å². The van der Waals surface area contributed by atoms with Crippen LogP contribution >= 0.6 is 0 Å². The van der Waals surface area contributed by atoms with Gasteiger partial charge < -0.3 is 15.5 Å². The van der Waals surface area contributed by atoms with Crippen molar-refractivity contribution in [3.63, 3.8) is 0 Å². The van der Waals surface area contributed by atoms with E-state index in [9.17, 15) is 15.0 Å². The Balaban J connectivity index is 3.40. The molecule has 0 fully saturated rings. The average Bonchev–Trinajstić information content (AvgIpc) is 3.25. The number of aliphatic hydroxyl groups is 2. The summed E-state index contributed by atoms with van der Waals surface area (Å²) in [5.41, 5.74) is 0. The Bertz CT molecular complexity index is 788. The van der Waals surface area contributed by atoms with E-state index in [0.717, 1.165) is 25.7 Å². The molecule has 360 valence electrons. The molecule has 0 spiro atoms. The van der Waals surface area contributed by atoms with Crippen LogP contribution in [0.5, 0.6) is 0 Å². The first kappa shape index (κ1) is 59.4. The molecule has 0 rings (SSSR count). The van der Waals surface area contributed by atoms with Crippen molar-refractivity contribution >= 4 is 5.91 Å².